The molecule has 0 bridgehead atoms. The highest BCUT2D eigenvalue weighted by Crippen LogP contribution is 2.27. The van der Waals surface area contributed by atoms with Crippen molar-refractivity contribution in [3.8, 4) is 11.3 Å². The molecule has 5 nitrogen and oxygen atoms in total. The highest BCUT2D eigenvalue weighted by atomic mass is 19.1. The van der Waals surface area contributed by atoms with Gasteiger partial charge in [0, 0.05) is 22.5 Å². The fraction of sp³-hybridized carbons (Fsp3) is 0.250. The van der Waals surface area contributed by atoms with E-state index in [1.54, 1.807) is 23.7 Å². The van der Waals surface area contributed by atoms with Crippen LogP contribution in [0.25, 0.3) is 22.0 Å². The van der Waals surface area contributed by atoms with E-state index >= 15 is 0 Å². The second-order valence-corrected chi connectivity index (χ2v) is 5.92. The number of carbonyl (C=O) groups is 1. The van der Waals surface area contributed by atoms with Crippen LogP contribution in [0.15, 0.2) is 48.5 Å². The van der Waals surface area contributed by atoms with E-state index in [9.17, 15) is 9.18 Å². The Bertz CT molecular complexity index is 926. The minimum atomic E-state index is -0.296. The summed E-state index contributed by atoms with van der Waals surface area (Å²) in [7, 11) is 0. The first-order valence-corrected chi connectivity index (χ1v) is 8.60. The zero-order chi connectivity index (χ0) is 18.5. The van der Waals surface area contributed by atoms with Crippen molar-refractivity contribution in [2.45, 2.75) is 26.3 Å². The fourth-order valence-corrected chi connectivity index (χ4v) is 2.97. The Labute approximate surface area is 151 Å². The Balaban J connectivity index is 2.02. The number of carbonyl (C=O) groups excluding carboxylic acids is 1. The predicted molar refractivity (Wildman–Crippen MR) is 97.6 cm³/mol. The van der Waals surface area contributed by atoms with Crippen molar-refractivity contribution in [1.29, 1.82) is 0 Å². The molecular weight excluding hydrogens is 333 g/mol. The molecule has 134 valence electrons. The van der Waals surface area contributed by atoms with Gasteiger partial charge in [-0.1, -0.05) is 22.9 Å². The molecule has 0 saturated heterocycles. The average Bonchev–Trinajstić information content (AvgIpc) is 2.63. The number of fused-ring (bicyclic) bond motifs is 1. The summed E-state index contributed by atoms with van der Waals surface area (Å²) in [6.45, 7) is 2.65. The third-order valence-corrected chi connectivity index (χ3v) is 4.12. The van der Waals surface area contributed by atoms with Gasteiger partial charge in [-0.2, -0.15) is 0 Å². The number of hydrogen-bond acceptors (Lipinski definition) is 4. The van der Waals surface area contributed by atoms with E-state index in [0.29, 0.717) is 31.8 Å². The molecule has 0 fully saturated rings. The average molecular weight is 354 g/mol. The highest BCUT2D eigenvalue weighted by molar-refractivity contribution is 5.98. The summed E-state index contributed by atoms with van der Waals surface area (Å²) in [5, 5.41) is 6.27. The van der Waals surface area contributed by atoms with E-state index in [1.165, 1.54) is 12.1 Å². The molecule has 0 radical (unpaired) electrons. The molecule has 3 aromatic rings. The molecule has 0 aliphatic heterocycles. The van der Waals surface area contributed by atoms with Crippen molar-refractivity contribution in [3.05, 3.63) is 54.3 Å². The van der Waals surface area contributed by atoms with Crippen molar-refractivity contribution in [2.24, 2.45) is 0 Å². The van der Waals surface area contributed by atoms with Crippen LogP contribution in [-0.2, 0) is 16.1 Å². The quantitative estimate of drug-likeness (QED) is 0.545. The molecule has 1 aromatic heterocycles. The molecule has 0 amide bonds. The molecule has 26 heavy (non-hydrogen) atoms. The van der Waals surface area contributed by atoms with Crippen LogP contribution in [0.2, 0.25) is 0 Å². The van der Waals surface area contributed by atoms with Gasteiger partial charge in [0.25, 0.3) is 0 Å². The van der Waals surface area contributed by atoms with Crippen LogP contribution in [0.5, 0.6) is 0 Å². The van der Waals surface area contributed by atoms with Gasteiger partial charge in [0.05, 0.1) is 18.4 Å². The number of aromatic nitrogens is 2. The first kappa shape index (κ1) is 17.8. The predicted octanol–water partition coefficient (Wildman–Crippen LogP) is 3.25. The first-order valence-electron chi connectivity index (χ1n) is 8.60. The lowest BCUT2D eigenvalue weighted by atomic mass is 10.0. The number of anilines is 1. The van der Waals surface area contributed by atoms with Gasteiger partial charge in [0.1, 0.15) is 5.82 Å². The van der Waals surface area contributed by atoms with E-state index in [-0.39, 0.29) is 11.8 Å². The highest BCUT2D eigenvalue weighted by Gasteiger charge is 2.22. The zero-order valence-electron chi connectivity index (χ0n) is 14.6. The van der Waals surface area contributed by atoms with Gasteiger partial charge >= 0.3 is 5.97 Å². The first-order chi connectivity index (χ1) is 12.6. The number of halogens is 1. The van der Waals surface area contributed by atoms with Gasteiger partial charge < -0.3 is 10.5 Å². The Morgan fingerprint density at radius 1 is 1.15 bits per heavy atom. The number of ether oxygens (including phenoxy) is 1. The van der Waals surface area contributed by atoms with Gasteiger partial charge in [0.2, 0.25) is 5.69 Å². The van der Waals surface area contributed by atoms with Crippen LogP contribution < -0.4 is 10.4 Å². The number of nitrogen functional groups attached to an aromatic ring is 1. The van der Waals surface area contributed by atoms with Crippen LogP contribution in [0.3, 0.4) is 0 Å². The van der Waals surface area contributed by atoms with Gasteiger partial charge in [0.15, 0.2) is 12.4 Å². The zero-order valence-corrected chi connectivity index (χ0v) is 14.6. The Morgan fingerprint density at radius 3 is 2.54 bits per heavy atom. The third kappa shape index (κ3) is 3.79. The maximum atomic E-state index is 13.4. The molecule has 6 heteroatoms. The number of aryl methyl sites for hydroxylation is 1. The van der Waals surface area contributed by atoms with Crippen LogP contribution in [0.1, 0.15) is 19.8 Å². The lowest BCUT2D eigenvalue weighted by molar-refractivity contribution is -0.741. The van der Waals surface area contributed by atoms with Gasteiger partial charge in [-0.05, 0) is 37.3 Å². The van der Waals surface area contributed by atoms with Crippen molar-refractivity contribution >= 4 is 22.6 Å². The number of benzene rings is 2. The summed E-state index contributed by atoms with van der Waals surface area (Å²) in [5.74, 6) is -0.108. The summed E-state index contributed by atoms with van der Waals surface area (Å²) in [5.41, 5.74) is 7.81. The summed E-state index contributed by atoms with van der Waals surface area (Å²) < 4.78 is 20.1. The maximum absolute atomic E-state index is 13.4. The topological polar surface area (TPSA) is 69.1 Å². The molecule has 2 aromatic carbocycles. The van der Waals surface area contributed by atoms with Crippen molar-refractivity contribution in [2.75, 3.05) is 12.3 Å². The van der Waals surface area contributed by atoms with E-state index < -0.39 is 0 Å². The molecule has 3 rings (SSSR count). The summed E-state index contributed by atoms with van der Waals surface area (Å²) in [4.78, 5) is 11.6. The molecule has 0 aliphatic carbocycles. The standard InChI is InChI=1S/C20H21FN3O2/c1-2-26-18(25)8-5-13-24-19(14-9-11-15(21)12-10-14)16-6-3-4-7-17(16)20(22)23-24/h3-4,6-7,9-12H,2,5,8,13H2,1H3,(H2,22,23)/q+1. The Kier molecular flexibility index (Phi) is 5.41. The molecule has 0 atom stereocenters. The molecule has 2 N–H and O–H groups in total. The number of esters is 1. The van der Waals surface area contributed by atoms with Crippen LogP contribution in [0.4, 0.5) is 10.2 Å². The van der Waals surface area contributed by atoms with Gasteiger partial charge in [-0.15, -0.1) is 0 Å². The number of nitrogens with two attached hydrogens (primary N) is 1. The minimum absolute atomic E-state index is 0.231. The van der Waals surface area contributed by atoms with E-state index in [0.717, 1.165) is 22.0 Å². The lowest BCUT2D eigenvalue weighted by Gasteiger charge is -2.08. The SMILES string of the molecule is CCOC(=O)CCC[n+]1nc(N)c2ccccc2c1-c1ccc(F)cc1. The monoisotopic (exact) mass is 354 g/mol. The van der Waals surface area contributed by atoms with Crippen molar-refractivity contribution in [1.82, 2.24) is 5.10 Å². The second-order valence-electron chi connectivity index (χ2n) is 5.92. The maximum Gasteiger partial charge on any atom is 0.306 e. The largest absolute Gasteiger partial charge is 0.466 e. The summed E-state index contributed by atoms with van der Waals surface area (Å²) in [6.07, 6.45) is 0.876. The van der Waals surface area contributed by atoms with E-state index in [4.69, 9.17) is 10.5 Å². The second kappa shape index (κ2) is 7.91. The van der Waals surface area contributed by atoms with Crippen molar-refractivity contribution in [3.63, 3.8) is 0 Å². The van der Waals surface area contributed by atoms with Gasteiger partial charge in [-0.3, -0.25) is 4.79 Å². The van der Waals surface area contributed by atoms with E-state index in [1.807, 2.05) is 24.3 Å². The molecule has 0 unspecified atom stereocenters. The molecule has 0 aliphatic rings. The molecule has 0 saturated carbocycles. The third-order valence-electron chi connectivity index (χ3n) is 4.12. The lowest BCUT2D eigenvalue weighted by Crippen LogP contribution is -2.41. The smallest absolute Gasteiger partial charge is 0.306 e. The fourth-order valence-electron chi connectivity index (χ4n) is 2.97. The minimum Gasteiger partial charge on any atom is -0.466 e. The van der Waals surface area contributed by atoms with Crippen molar-refractivity contribution < 1.29 is 18.6 Å². The Hall–Kier alpha value is -3.02. The van der Waals surface area contributed by atoms with Gasteiger partial charge in [-0.25, -0.2) is 4.39 Å². The number of rotatable bonds is 6. The normalized spacial score (nSPS) is 10.8. The molecule has 0 spiro atoms. The molecular formula is C20H21FN3O2+. The Morgan fingerprint density at radius 2 is 1.85 bits per heavy atom. The number of hydrogen-bond donors (Lipinski definition) is 1. The number of nitrogens with zero attached hydrogens (tertiary/aromatic N) is 2. The summed E-state index contributed by atoms with van der Waals surface area (Å²) >= 11 is 0. The summed E-state index contributed by atoms with van der Waals surface area (Å²) in [6, 6.07) is 14.0. The van der Waals surface area contributed by atoms with Crippen LogP contribution >= 0.6 is 0 Å². The molecule has 1 heterocycles. The van der Waals surface area contributed by atoms with Crippen LogP contribution in [0, 0.1) is 5.82 Å². The van der Waals surface area contributed by atoms with E-state index in [2.05, 4.69) is 5.10 Å². The van der Waals surface area contributed by atoms with Crippen LogP contribution in [-0.4, -0.2) is 17.7 Å².